The molecule has 0 unspecified atom stereocenters. The van der Waals surface area contributed by atoms with Crippen molar-refractivity contribution in [1.29, 1.82) is 0 Å². The van der Waals surface area contributed by atoms with Crippen molar-refractivity contribution in [3.05, 3.63) is 88.9 Å². The lowest BCUT2D eigenvalue weighted by atomic mass is 10.1. The highest BCUT2D eigenvalue weighted by Crippen LogP contribution is 2.26. The summed E-state index contributed by atoms with van der Waals surface area (Å²) in [5.74, 6) is -0.267. The Morgan fingerprint density at radius 2 is 1.65 bits per heavy atom. The summed E-state index contributed by atoms with van der Waals surface area (Å²) in [6.07, 6.45) is 0.724. The van der Waals surface area contributed by atoms with E-state index in [1.807, 2.05) is 26.8 Å². The zero-order valence-corrected chi connectivity index (χ0v) is 25.0. The number of nitrogens with zero attached hydrogens (tertiary/aromatic N) is 2. The molecule has 0 bridgehead atoms. The van der Waals surface area contributed by atoms with Crippen LogP contribution in [0.4, 0.5) is 5.69 Å². The third-order valence-corrected chi connectivity index (χ3v) is 8.70. The highest BCUT2D eigenvalue weighted by atomic mass is 35.5. The van der Waals surface area contributed by atoms with E-state index in [1.165, 1.54) is 17.0 Å². The van der Waals surface area contributed by atoms with Crippen LogP contribution in [-0.2, 0) is 26.2 Å². The zero-order valence-electron chi connectivity index (χ0n) is 23.4. The number of amides is 2. The fourth-order valence-corrected chi connectivity index (χ4v) is 5.53. The summed E-state index contributed by atoms with van der Waals surface area (Å²) in [5, 5.41) is 3.35. The summed E-state index contributed by atoms with van der Waals surface area (Å²) >= 11 is 6.07. The van der Waals surface area contributed by atoms with Crippen molar-refractivity contribution in [2.45, 2.75) is 57.6 Å². The molecular formula is C30H36ClN3O5S. The number of rotatable bonds is 12. The van der Waals surface area contributed by atoms with Gasteiger partial charge in [0.2, 0.25) is 11.8 Å². The second-order valence-corrected chi connectivity index (χ2v) is 12.0. The van der Waals surface area contributed by atoms with Gasteiger partial charge < -0.3 is 15.0 Å². The van der Waals surface area contributed by atoms with Crippen molar-refractivity contribution in [3.63, 3.8) is 0 Å². The number of ether oxygens (including phenoxy) is 1. The number of anilines is 1. The zero-order chi connectivity index (χ0) is 29.4. The number of carbonyl (C=O) groups excluding carboxylic acids is 2. The predicted octanol–water partition coefficient (Wildman–Crippen LogP) is 5.18. The monoisotopic (exact) mass is 585 g/mol. The lowest BCUT2D eigenvalue weighted by molar-refractivity contribution is -0.139. The van der Waals surface area contributed by atoms with E-state index in [0.29, 0.717) is 10.8 Å². The van der Waals surface area contributed by atoms with Crippen LogP contribution >= 0.6 is 11.6 Å². The Morgan fingerprint density at radius 3 is 2.25 bits per heavy atom. The fraction of sp³-hybridized carbons (Fsp3) is 0.333. The average molecular weight is 586 g/mol. The van der Waals surface area contributed by atoms with E-state index >= 15 is 0 Å². The van der Waals surface area contributed by atoms with E-state index < -0.39 is 28.5 Å². The molecule has 0 saturated heterocycles. The van der Waals surface area contributed by atoms with E-state index in [2.05, 4.69) is 5.32 Å². The van der Waals surface area contributed by atoms with Crippen LogP contribution in [0.15, 0.2) is 77.7 Å². The minimum atomic E-state index is -4.14. The van der Waals surface area contributed by atoms with Crippen LogP contribution in [-0.4, -0.2) is 50.9 Å². The first-order valence-electron chi connectivity index (χ1n) is 13.0. The fourth-order valence-electron chi connectivity index (χ4n) is 3.99. The van der Waals surface area contributed by atoms with Gasteiger partial charge in [0.05, 0.1) is 17.7 Å². The maximum atomic E-state index is 14.0. The Bertz CT molecular complexity index is 1410. The van der Waals surface area contributed by atoms with Crippen LogP contribution < -0.4 is 14.4 Å². The standard InChI is InChI=1S/C30H36ClN3O5S/c1-6-22(3)32-30(36)23(4)33(19-24-8-7-9-27(18-24)39-5)29(35)20-34(26-14-12-25(31)13-15-26)40(37,38)28-16-10-21(2)11-17-28/h7-18,22-23H,6,19-20H2,1-5H3,(H,32,36)/t22-,23+/m1/s1. The smallest absolute Gasteiger partial charge is 0.264 e. The Morgan fingerprint density at radius 1 is 1.00 bits per heavy atom. The number of nitrogens with one attached hydrogen (secondary N) is 1. The molecule has 0 fully saturated rings. The van der Waals surface area contributed by atoms with Crippen LogP contribution in [0.5, 0.6) is 5.75 Å². The SMILES string of the molecule is CC[C@@H](C)NC(=O)[C@H](C)N(Cc1cccc(OC)c1)C(=O)CN(c1ccc(Cl)cc1)S(=O)(=O)c1ccc(C)cc1. The van der Waals surface area contributed by atoms with Crippen molar-refractivity contribution in [3.8, 4) is 5.75 Å². The van der Waals surface area contributed by atoms with Gasteiger partial charge >= 0.3 is 0 Å². The first kappa shape index (κ1) is 31.0. The molecule has 3 aromatic carbocycles. The van der Waals surface area contributed by atoms with Gasteiger partial charge in [-0.15, -0.1) is 0 Å². The molecule has 8 nitrogen and oxygen atoms in total. The van der Waals surface area contributed by atoms with Crippen LogP contribution in [0.1, 0.15) is 38.3 Å². The van der Waals surface area contributed by atoms with Gasteiger partial charge in [-0.2, -0.15) is 0 Å². The number of halogens is 1. The molecule has 0 aliphatic heterocycles. The first-order valence-corrected chi connectivity index (χ1v) is 14.9. The lowest BCUT2D eigenvalue weighted by Crippen LogP contribution is -2.52. The molecule has 1 N–H and O–H groups in total. The molecule has 0 aliphatic carbocycles. The number of aryl methyl sites for hydroxylation is 1. The van der Waals surface area contributed by atoms with Gasteiger partial charge in [-0.3, -0.25) is 13.9 Å². The van der Waals surface area contributed by atoms with E-state index in [9.17, 15) is 18.0 Å². The average Bonchev–Trinajstić information content (AvgIpc) is 2.94. The van der Waals surface area contributed by atoms with Gasteiger partial charge in [0.15, 0.2) is 0 Å². The third kappa shape index (κ3) is 7.76. The second kappa shape index (κ2) is 13.7. The summed E-state index contributed by atoms with van der Waals surface area (Å²) in [6, 6.07) is 18.9. The molecule has 10 heteroatoms. The number of benzene rings is 3. The number of hydrogen-bond acceptors (Lipinski definition) is 5. The quantitative estimate of drug-likeness (QED) is 0.316. The molecule has 0 heterocycles. The van der Waals surface area contributed by atoms with Gasteiger partial charge in [-0.05, 0) is 81.3 Å². The topological polar surface area (TPSA) is 96.0 Å². The van der Waals surface area contributed by atoms with Gasteiger partial charge in [-0.25, -0.2) is 8.42 Å². The number of hydrogen-bond donors (Lipinski definition) is 1. The normalized spacial score (nSPS) is 12.8. The highest BCUT2D eigenvalue weighted by Gasteiger charge is 2.32. The van der Waals surface area contributed by atoms with E-state index in [-0.39, 0.29) is 29.1 Å². The highest BCUT2D eigenvalue weighted by molar-refractivity contribution is 7.92. The molecule has 3 rings (SSSR count). The molecule has 0 radical (unpaired) electrons. The molecule has 3 aromatic rings. The van der Waals surface area contributed by atoms with Crippen molar-refractivity contribution in [2.75, 3.05) is 18.0 Å². The molecule has 0 aromatic heterocycles. The minimum Gasteiger partial charge on any atom is -0.497 e. The summed E-state index contributed by atoms with van der Waals surface area (Å²) in [6.45, 7) is 6.88. The molecule has 2 atom stereocenters. The van der Waals surface area contributed by atoms with Crippen molar-refractivity contribution in [1.82, 2.24) is 10.2 Å². The molecule has 0 aliphatic rings. The second-order valence-electron chi connectivity index (χ2n) is 9.67. The van der Waals surface area contributed by atoms with Crippen molar-refractivity contribution < 1.29 is 22.7 Å². The Balaban J connectivity index is 2.03. The van der Waals surface area contributed by atoms with Gasteiger partial charge in [0, 0.05) is 17.6 Å². The van der Waals surface area contributed by atoms with Crippen molar-refractivity contribution >= 4 is 39.1 Å². The molecular weight excluding hydrogens is 550 g/mol. The van der Waals surface area contributed by atoms with Gasteiger partial charge in [0.25, 0.3) is 10.0 Å². The lowest BCUT2D eigenvalue weighted by Gasteiger charge is -2.32. The molecule has 0 saturated carbocycles. The van der Waals surface area contributed by atoms with E-state index in [0.717, 1.165) is 21.9 Å². The summed E-state index contributed by atoms with van der Waals surface area (Å²) < 4.78 is 34.1. The molecule has 0 spiro atoms. The Hall–Kier alpha value is -3.56. The molecule has 2 amide bonds. The molecule has 214 valence electrons. The van der Waals surface area contributed by atoms with E-state index in [4.69, 9.17) is 16.3 Å². The Kier molecular flexibility index (Phi) is 10.6. The van der Waals surface area contributed by atoms with E-state index in [1.54, 1.807) is 68.6 Å². The van der Waals surface area contributed by atoms with Crippen molar-refractivity contribution in [2.24, 2.45) is 0 Å². The molecule has 40 heavy (non-hydrogen) atoms. The summed E-state index contributed by atoms with van der Waals surface area (Å²) in [7, 11) is -2.60. The number of sulfonamides is 1. The maximum absolute atomic E-state index is 14.0. The third-order valence-electron chi connectivity index (χ3n) is 6.66. The number of carbonyl (C=O) groups is 2. The minimum absolute atomic E-state index is 0.0442. The number of methoxy groups -OCH3 is 1. The van der Waals surface area contributed by atoms with Crippen LogP contribution in [0.25, 0.3) is 0 Å². The van der Waals surface area contributed by atoms with Crippen LogP contribution in [0.2, 0.25) is 5.02 Å². The first-order chi connectivity index (χ1) is 19.0. The van der Waals surface area contributed by atoms with Crippen LogP contribution in [0.3, 0.4) is 0 Å². The largest absolute Gasteiger partial charge is 0.497 e. The Labute approximate surface area is 241 Å². The summed E-state index contributed by atoms with van der Waals surface area (Å²) in [4.78, 5) is 28.5. The summed E-state index contributed by atoms with van der Waals surface area (Å²) in [5.41, 5.74) is 1.91. The van der Waals surface area contributed by atoms with Gasteiger partial charge in [0.1, 0.15) is 18.3 Å². The predicted molar refractivity (Wildman–Crippen MR) is 158 cm³/mol. The maximum Gasteiger partial charge on any atom is 0.264 e. The van der Waals surface area contributed by atoms with Gasteiger partial charge in [-0.1, -0.05) is 48.4 Å². The van der Waals surface area contributed by atoms with Crippen LogP contribution in [0, 0.1) is 6.92 Å².